The van der Waals surface area contributed by atoms with E-state index in [2.05, 4.69) is 30.2 Å². The number of rotatable bonds is 7. The Kier molecular flexibility index (Phi) is 4.59. The lowest BCUT2D eigenvalue weighted by molar-refractivity contribution is 0.337. The van der Waals surface area contributed by atoms with Crippen molar-refractivity contribution in [3.63, 3.8) is 0 Å². The molecule has 3 heteroatoms. The van der Waals surface area contributed by atoms with E-state index >= 15 is 0 Å². The van der Waals surface area contributed by atoms with Gasteiger partial charge in [0.25, 0.3) is 0 Å². The van der Waals surface area contributed by atoms with Crippen LogP contribution in [0.2, 0.25) is 0 Å². The summed E-state index contributed by atoms with van der Waals surface area (Å²) in [5.41, 5.74) is 1.27. The highest BCUT2D eigenvalue weighted by atomic mass is 16.5. The summed E-state index contributed by atoms with van der Waals surface area (Å²) in [6.45, 7) is 8.29. The Balaban J connectivity index is 2.11. The van der Waals surface area contributed by atoms with Crippen LogP contribution < -0.4 is 10.1 Å². The minimum Gasteiger partial charge on any atom is -0.492 e. The summed E-state index contributed by atoms with van der Waals surface area (Å²) in [7, 11) is 0. The van der Waals surface area contributed by atoms with Crippen LogP contribution in [-0.4, -0.2) is 18.1 Å². The lowest BCUT2D eigenvalue weighted by atomic mass is 10.0. The van der Waals surface area contributed by atoms with Gasteiger partial charge in [-0.2, -0.15) is 0 Å². The van der Waals surface area contributed by atoms with Crippen molar-refractivity contribution in [2.75, 3.05) is 13.2 Å². The van der Waals surface area contributed by atoms with E-state index in [1.165, 1.54) is 12.0 Å². The van der Waals surface area contributed by atoms with Crippen LogP contribution in [0.25, 0.3) is 0 Å². The Morgan fingerprint density at radius 1 is 1.44 bits per heavy atom. The van der Waals surface area contributed by atoms with Crippen LogP contribution in [0.4, 0.5) is 0 Å². The van der Waals surface area contributed by atoms with Gasteiger partial charge in [-0.25, -0.2) is 0 Å². The van der Waals surface area contributed by atoms with Crippen molar-refractivity contribution >= 4 is 0 Å². The van der Waals surface area contributed by atoms with E-state index in [1.54, 1.807) is 6.20 Å². The molecule has 0 bridgehead atoms. The topological polar surface area (TPSA) is 34.2 Å². The van der Waals surface area contributed by atoms with Gasteiger partial charge in [0.1, 0.15) is 5.75 Å². The summed E-state index contributed by atoms with van der Waals surface area (Å²) in [6.07, 6.45) is 6.25. The summed E-state index contributed by atoms with van der Waals surface area (Å²) >= 11 is 0. The number of hydrogen-bond donors (Lipinski definition) is 1. The maximum atomic E-state index is 5.54. The molecule has 0 saturated heterocycles. The minimum absolute atomic E-state index is 0.438. The fourth-order valence-corrected chi connectivity index (χ4v) is 2.48. The van der Waals surface area contributed by atoms with Gasteiger partial charge < -0.3 is 10.1 Å². The zero-order valence-electron chi connectivity index (χ0n) is 11.6. The number of ether oxygens (including phenoxy) is 1. The van der Waals surface area contributed by atoms with E-state index in [1.807, 2.05) is 13.1 Å². The summed E-state index contributed by atoms with van der Waals surface area (Å²) < 4.78 is 5.54. The van der Waals surface area contributed by atoms with Crippen LogP contribution >= 0.6 is 0 Å². The molecule has 3 nitrogen and oxygen atoms in total. The quantitative estimate of drug-likeness (QED) is 0.804. The molecule has 1 fully saturated rings. The second-order valence-electron chi connectivity index (χ2n) is 5.20. The van der Waals surface area contributed by atoms with Gasteiger partial charge in [-0.1, -0.05) is 13.8 Å². The average molecular weight is 248 g/mol. The van der Waals surface area contributed by atoms with Crippen LogP contribution in [-0.2, 0) is 0 Å². The van der Waals surface area contributed by atoms with Gasteiger partial charge in [-0.3, -0.25) is 4.98 Å². The molecule has 1 aliphatic rings. The molecule has 18 heavy (non-hydrogen) atoms. The maximum absolute atomic E-state index is 5.54. The van der Waals surface area contributed by atoms with Crippen molar-refractivity contribution in [3.05, 3.63) is 24.0 Å². The van der Waals surface area contributed by atoms with Gasteiger partial charge in [0.2, 0.25) is 0 Å². The standard InChI is InChI=1S/C15H24N2O/c1-4-6-17-15(14-7-11(14)3)12-8-13(18-5-2)10-16-9-12/h8-11,14-15,17H,4-7H2,1-3H3. The second-order valence-corrected chi connectivity index (χ2v) is 5.20. The molecule has 1 N–H and O–H groups in total. The third-order valence-corrected chi connectivity index (χ3v) is 3.62. The van der Waals surface area contributed by atoms with Gasteiger partial charge in [0, 0.05) is 12.2 Å². The van der Waals surface area contributed by atoms with Crippen LogP contribution in [0.5, 0.6) is 5.75 Å². The third-order valence-electron chi connectivity index (χ3n) is 3.62. The molecule has 0 radical (unpaired) electrons. The first-order valence-electron chi connectivity index (χ1n) is 7.07. The van der Waals surface area contributed by atoms with E-state index in [0.29, 0.717) is 12.6 Å². The minimum atomic E-state index is 0.438. The molecule has 0 aromatic carbocycles. The lowest BCUT2D eigenvalue weighted by Crippen LogP contribution is -2.24. The third kappa shape index (κ3) is 3.22. The first kappa shape index (κ1) is 13.3. The molecule has 3 atom stereocenters. The molecule has 0 amide bonds. The van der Waals surface area contributed by atoms with Gasteiger partial charge in [0.05, 0.1) is 12.8 Å². The number of nitrogens with zero attached hydrogens (tertiary/aromatic N) is 1. The van der Waals surface area contributed by atoms with Crippen LogP contribution in [0, 0.1) is 11.8 Å². The van der Waals surface area contributed by atoms with Crippen molar-refractivity contribution in [2.24, 2.45) is 11.8 Å². The summed E-state index contributed by atoms with van der Waals surface area (Å²) in [6, 6.07) is 2.57. The largest absolute Gasteiger partial charge is 0.492 e. The van der Waals surface area contributed by atoms with Crippen molar-refractivity contribution in [3.8, 4) is 5.75 Å². The molecule has 1 aromatic heterocycles. The second kappa shape index (κ2) is 6.19. The summed E-state index contributed by atoms with van der Waals surface area (Å²) in [4.78, 5) is 4.30. The van der Waals surface area contributed by atoms with Gasteiger partial charge in [-0.05, 0) is 49.8 Å². The van der Waals surface area contributed by atoms with Crippen molar-refractivity contribution in [1.29, 1.82) is 0 Å². The highest BCUT2D eigenvalue weighted by Gasteiger charge is 2.40. The first-order valence-corrected chi connectivity index (χ1v) is 7.07. The van der Waals surface area contributed by atoms with E-state index in [4.69, 9.17) is 4.74 Å². The van der Waals surface area contributed by atoms with Gasteiger partial charge in [0.15, 0.2) is 0 Å². The average Bonchev–Trinajstić information content (AvgIpc) is 3.08. The summed E-state index contributed by atoms with van der Waals surface area (Å²) in [5.74, 6) is 2.47. The fourth-order valence-electron chi connectivity index (χ4n) is 2.48. The number of nitrogens with one attached hydrogen (secondary N) is 1. The Morgan fingerprint density at radius 2 is 2.22 bits per heavy atom. The van der Waals surface area contributed by atoms with Crippen LogP contribution in [0.1, 0.15) is 45.2 Å². The highest BCUT2D eigenvalue weighted by molar-refractivity contribution is 5.27. The number of hydrogen-bond acceptors (Lipinski definition) is 3. The van der Waals surface area contributed by atoms with Crippen LogP contribution in [0.3, 0.4) is 0 Å². The van der Waals surface area contributed by atoms with E-state index in [9.17, 15) is 0 Å². The molecule has 1 saturated carbocycles. The molecule has 100 valence electrons. The fraction of sp³-hybridized carbons (Fsp3) is 0.667. The normalized spacial score (nSPS) is 23.7. The molecular weight excluding hydrogens is 224 g/mol. The first-order chi connectivity index (χ1) is 8.76. The van der Waals surface area contributed by atoms with Crippen molar-refractivity contribution in [1.82, 2.24) is 10.3 Å². The van der Waals surface area contributed by atoms with E-state index < -0.39 is 0 Å². The SMILES string of the molecule is CCCNC(c1cncc(OCC)c1)C1CC1C. The summed E-state index contributed by atoms with van der Waals surface area (Å²) in [5, 5.41) is 3.65. The van der Waals surface area contributed by atoms with Crippen LogP contribution in [0.15, 0.2) is 18.5 Å². The molecule has 1 heterocycles. The monoisotopic (exact) mass is 248 g/mol. The predicted octanol–water partition coefficient (Wildman–Crippen LogP) is 3.18. The predicted molar refractivity (Wildman–Crippen MR) is 73.7 cm³/mol. The molecule has 2 rings (SSSR count). The van der Waals surface area contributed by atoms with Gasteiger partial charge >= 0.3 is 0 Å². The molecular formula is C15H24N2O. The lowest BCUT2D eigenvalue weighted by Gasteiger charge is -2.19. The highest BCUT2D eigenvalue weighted by Crippen LogP contribution is 2.47. The Hall–Kier alpha value is -1.09. The number of aromatic nitrogens is 1. The molecule has 0 spiro atoms. The Morgan fingerprint density at radius 3 is 2.83 bits per heavy atom. The molecule has 1 aliphatic carbocycles. The Bertz CT molecular complexity index is 381. The smallest absolute Gasteiger partial charge is 0.137 e. The van der Waals surface area contributed by atoms with Crippen molar-refractivity contribution in [2.45, 2.75) is 39.7 Å². The maximum Gasteiger partial charge on any atom is 0.137 e. The Labute approximate surface area is 110 Å². The molecule has 3 unspecified atom stereocenters. The van der Waals surface area contributed by atoms with Gasteiger partial charge in [-0.15, -0.1) is 0 Å². The van der Waals surface area contributed by atoms with E-state index in [-0.39, 0.29) is 0 Å². The zero-order valence-corrected chi connectivity index (χ0v) is 11.6. The zero-order chi connectivity index (χ0) is 13.0. The molecule has 0 aliphatic heterocycles. The molecule has 1 aromatic rings. The van der Waals surface area contributed by atoms with E-state index in [0.717, 1.165) is 30.6 Å². The number of pyridine rings is 1. The van der Waals surface area contributed by atoms with Crippen molar-refractivity contribution < 1.29 is 4.74 Å².